The second-order valence-corrected chi connectivity index (χ2v) is 7.74. The molecule has 1 heterocycles. The molecule has 2 aromatic carbocycles. The molecule has 0 spiro atoms. The summed E-state index contributed by atoms with van der Waals surface area (Å²) in [7, 11) is 4.95. The molecule has 6 nitrogen and oxygen atoms in total. The van der Waals surface area contributed by atoms with Gasteiger partial charge in [0.25, 0.3) is 5.91 Å². The number of para-hydroxylation sites is 1. The van der Waals surface area contributed by atoms with Gasteiger partial charge >= 0.3 is 0 Å². The van der Waals surface area contributed by atoms with Crippen molar-refractivity contribution in [3.8, 4) is 17.2 Å². The number of hydrogen-bond acceptors (Lipinski definition) is 4. The summed E-state index contributed by atoms with van der Waals surface area (Å²) in [5, 5.41) is 5.10. The summed E-state index contributed by atoms with van der Waals surface area (Å²) in [6.07, 6.45) is 1.62. The quantitative estimate of drug-likeness (QED) is 0.536. The Morgan fingerprint density at radius 1 is 1.17 bits per heavy atom. The molecular weight excluding hydrogens is 402 g/mol. The zero-order valence-corrected chi connectivity index (χ0v) is 18.6. The molecule has 0 aliphatic rings. The van der Waals surface area contributed by atoms with Crippen LogP contribution in [0.5, 0.6) is 11.5 Å². The Balaban J connectivity index is 1.94. The number of methoxy groups -OCH3 is 2. The van der Waals surface area contributed by atoms with E-state index in [-0.39, 0.29) is 11.8 Å². The molecular formula is C23H26ClN3O3. The zero-order valence-electron chi connectivity index (χ0n) is 17.8. The van der Waals surface area contributed by atoms with E-state index in [9.17, 15) is 4.79 Å². The number of amides is 1. The predicted molar refractivity (Wildman–Crippen MR) is 118 cm³/mol. The van der Waals surface area contributed by atoms with Gasteiger partial charge in [0.2, 0.25) is 0 Å². The number of hydrogen-bond donors (Lipinski definition) is 0. The molecule has 30 heavy (non-hydrogen) atoms. The van der Waals surface area contributed by atoms with Crippen molar-refractivity contribution >= 4 is 17.5 Å². The van der Waals surface area contributed by atoms with Crippen LogP contribution in [0.1, 0.15) is 41.4 Å². The van der Waals surface area contributed by atoms with Gasteiger partial charge in [-0.15, -0.1) is 0 Å². The monoisotopic (exact) mass is 427 g/mol. The van der Waals surface area contributed by atoms with Crippen LogP contribution in [0, 0.1) is 0 Å². The van der Waals surface area contributed by atoms with Gasteiger partial charge in [0.1, 0.15) is 0 Å². The molecule has 3 aromatic rings. The summed E-state index contributed by atoms with van der Waals surface area (Å²) in [5.41, 5.74) is 3.09. The Labute approximate surface area is 182 Å². The molecule has 0 radical (unpaired) electrons. The summed E-state index contributed by atoms with van der Waals surface area (Å²) < 4.78 is 12.6. The Morgan fingerprint density at radius 2 is 1.90 bits per heavy atom. The fourth-order valence-corrected chi connectivity index (χ4v) is 3.69. The maximum atomic E-state index is 13.3. The van der Waals surface area contributed by atoms with Crippen LogP contribution >= 0.6 is 11.6 Å². The number of carbonyl (C=O) groups excluding carboxylic acids is 1. The normalized spacial score (nSPS) is 10.9. The minimum absolute atomic E-state index is 0.0881. The van der Waals surface area contributed by atoms with Gasteiger partial charge in [0.05, 0.1) is 37.4 Å². The van der Waals surface area contributed by atoms with E-state index in [1.54, 1.807) is 37.0 Å². The first-order chi connectivity index (χ1) is 14.4. The fourth-order valence-electron chi connectivity index (χ4n) is 3.50. The van der Waals surface area contributed by atoms with Crippen LogP contribution in [0.4, 0.5) is 0 Å². The van der Waals surface area contributed by atoms with Gasteiger partial charge in [-0.2, -0.15) is 5.10 Å². The zero-order chi connectivity index (χ0) is 21.8. The van der Waals surface area contributed by atoms with Crippen molar-refractivity contribution in [1.82, 2.24) is 14.7 Å². The van der Waals surface area contributed by atoms with Crippen molar-refractivity contribution in [3.05, 3.63) is 70.5 Å². The van der Waals surface area contributed by atoms with Crippen LogP contribution in [0.3, 0.4) is 0 Å². The number of aromatic nitrogens is 2. The van der Waals surface area contributed by atoms with Crippen molar-refractivity contribution in [2.75, 3.05) is 21.3 Å². The first-order valence-corrected chi connectivity index (χ1v) is 10.0. The number of nitrogens with zero attached hydrogens (tertiary/aromatic N) is 3. The van der Waals surface area contributed by atoms with Crippen LogP contribution in [-0.4, -0.2) is 41.9 Å². The summed E-state index contributed by atoms with van der Waals surface area (Å²) in [5.74, 6) is 1.23. The number of halogens is 1. The second kappa shape index (κ2) is 9.22. The molecule has 0 atom stereocenters. The lowest BCUT2D eigenvalue weighted by atomic mass is 10.0. The molecule has 1 amide bonds. The highest BCUT2D eigenvalue weighted by Gasteiger charge is 2.24. The van der Waals surface area contributed by atoms with Gasteiger partial charge in [-0.1, -0.05) is 43.6 Å². The first kappa shape index (κ1) is 21.7. The first-order valence-electron chi connectivity index (χ1n) is 9.66. The van der Waals surface area contributed by atoms with E-state index in [2.05, 4.69) is 5.10 Å². The molecule has 0 aliphatic heterocycles. The second-order valence-electron chi connectivity index (χ2n) is 7.30. The highest BCUT2D eigenvalue weighted by Crippen LogP contribution is 2.32. The molecule has 0 saturated carbocycles. The maximum Gasteiger partial charge on any atom is 0.257 e. The van der Waals surface area contributed by atoms with E-state index in [0.717, 1.165) is 16.9 Å². The van der Waals surface area contributed by atoms with Gasteiger partial charge in [-0.3, -0.25) is 4.79 Å². The number of rotatable bonds is 7. The Bertz CT molecular complexity index is 1050. The van der Waals surface area contributed by atoms with Crippen LogP contribution in [0.15, 0.2) is 48.7 Å². The third-order valence-corrected chi connectivity index (χ3v) is 5.11. The third-order valence-electron chi connectivity index (χ3n) is 4.88. The maximum absolute atomic E-state index is 13.3. The molecule has 0 fully saturated rings. The highest BCUT2D eigenvalue weighted by atomic mass is 35.5. The topological polar surface area (TPSA) is 56.6 Å². The molecule has 7 heteroatoms. The minimum atomic E-state index is -0.114. The van der Waals surface area contributed by atoms with E-state index < -0.39 is 0 Å². The van der Waals surface area contributed by atoms with Gasteiger partial charge in [0.15, 0.2) is 11.5 Å². The van der Waals surface area contributed by atoms with Crippen LogP contribution < -0.4 is 9.47 Å². The average Bonchev–Trinajstić information content (AvgIpc) is 3.18. The SMILES string of the molecule is COc1cccc(CN(C)C(=O)c2cnn(-c3cccc(Cl)c3)c2C(C)C)c1OC. The fraction of sp³-hybridized carbons (Fsp3) is 0.304. The lowest BCUT2D eigenvalue weighted by molar-refractivity contribution is 0.0782. The smallest absolute Gasteiger partial charge is 0.257 e. The molecule has 0 saturated heterocycles. The average molecular weight is 428 g/mol. The van der Waals surface area contributed by atoms with E-state index in [1.165, 1.54) is 0 Å². The largest absolute Gasteiger partial charge is 0.493 e. The molecule has 0 bridgehead atoms. The van der Waals surface area contributed by atoms with Crippen molar-refractivity contribution in [1.29, 1.82) is 0 Å². The van der Waals surface area contributed by atoms with Crippen molar-refractivity contribution in [2.24, 2.45) is 0 Å². The summed E-state index contributed by atoms with van der Waals surface area (Å²) in [6, 6.07) is 13.1. The Kier molecular flexibility index (Phi) is 6.67. The summed E-state index contributed by atoms with van der Waals surface area (Å²) >= 11 is 6.15. The molecule has 0 N–H and O–H groups in total. The van der Waals surface area contributed by atoms with Crippen LogP contribution in [0.25, 0.3) is 5.69 Å². The molecule has 3 rings (SSSR count). The van der Waals surface area contributed by atoms with Gasteiger partial charge in [0, 0.05) is 24.2 Å². The van der Waals surface area contributed by atoms with Crippen molar-refractivity contribution in [3.63, 3.8) is 0 Å². The Hall–Kier alpha value is -2.99. The number of ether oxygens (including phenoxy) is 2. The molecule has 0 aliphatic carbocycles. The Morgan fingerprint density at radius 3 is 2.53 bits per heavy atom. The lowest BCUT2D eigenvalue weighted by Crippen LogP contribution is -2.27. The van der Waals surface area contributed by atoms with Crippen molar-refractivity contribution < 1.29 is 14.3 Å². The summed E-state index contributed by atoms with van der Waals surface area (Å²) in [4.78, 5) is 15.0. The highest BCUT2D eigenvalue weighted by molar-refractivity contribution is 6.30. The van der Waals surface area contributed by atoms with E-state index in [1.807, 2.05) is 56.3 Å². The molecule has 1 aromatic heterocycles. The third kappa shape index (κ3) is 4.28. The van der Waals surface area contributed by atoms with E-state index >= 15 is 0 Å². The lowest BCUT2D eigenvalue weighted by Gasteiger charge is -2.21. The predicted octanol–water partition coefficient (Wildman–Crippen LogP) is 4.94. The van der Waals surface area contributed by atoms with Crippen LogP contribution in [0.2, 0.25) is 5.02 Å². The van der Waals surface area contributed by atoms with E-state index in [4.69, 9.17) is 21.1 Å². The standard InChI is InChI=1S/C23H26ClN3O3/c1-15(2)21-19(13-25-27(21)18-10-7-9-17(24)12-18)23(28)26(3)14-16-8-6-11-20(29-4)22(16)30-5/h6-13,15H,14H2,1-5H3. The van der Waals surface area contributed by atoms with E-state index in [0.29, 0.717) is 28.6 Å². The molecule has 158 valence electrons. The van der Waals surface area contributed by atoms with Crippen molar-refractivity contribution in [2.45, 2.75) is 26.3 Å². The minimum Gasteiger partial charge on any atom is -0.493 e. The van der Waals surface area contributed by atoms with Gasteiger partial charge in [-0.25, -0.2) is 4.68 Å². The van der Waals surface area contributed by atoms with Gasteiger partial charge in [-0.05, 0) is 30.2 Å². The van der Waals surface area contributed by atoms with Crippen LogP contribution in [-0.2, 0) is 6.54 Å². The molecule has 0 unspecified atom stereocenters. The number of benzene rings is 2. The number of carbonyl (C=O) groups is 1. The van der Waals surface area contributed by atoms with Gasteiger partial charge < -0.3 is 14.4 Å². The summed E-state index contributed by atoms with van der Waals surface area (Å²) in [6.45, 7) is 4.46.